The van der Waals surface area contributed by atoms with Crippen molar-refractivity contribution in [3.05, 3.63) is 60.7 Å². The number of hydrogen-bond acceptors (Lipinski definition) is 3. The average molecular weight is 557 g/mol. The van der Waals surface area contributed by atoms with Gasteiger partial charge in [-0.25, -0.2) is 0 Å². The highest BCUT2D eigenvalue weighted by molar-refractivity contribution is 9.10. The zero-order valence-corrected chi connectivity index (χ0v) is 20.1. The highest BCUT2D eigenvalue weighted by atomic mass is 79.9. The summed E-state index contributed by atoms with van der Waals surface area (Å²) in [6, 6.07) is 6.16. The van der Waals surface area contributed by atoms with Crippen LogP contribution in [-0.4, -0.2) is 40.0 Å². The van der Waals surface area contributed by atoms with Gasteiger partial charge in [0.2, 0.25) is 5.91 Å². The van der Waals surface area contributed by atoms with Gasteiger partial charge in [-0.2, -0.15) is 0 Å². The summed E-state index contributed by atoms with van der Waals surface area (Å²) in [5, 5.41) is 9.64. The number of aliphatic carboxylic acids is 1. The summed E-state index contributed by atoms with van der Waals surface area (Å²) >= 11 is 13.7. The zero-order chi connectivity index (χ0) is 21.4. The smallest absolute Gasteiger partial charge is 0.312 e. The van der Waals surface area contributed by atoms with Gasteiger partial charge in [-0.1, -0.05) is 27.5 Å². The summed E-state index contributed by atoms with van der Waals surface area (Å²) in [5.74, 6) is -0.975. The van der Waals surface area contributed by atoms with E-state index >= 15 is 0 Å². The van der Waals surface area contributed by atoms with Gasteiger partial charge in [0.05, 0.1) is 5.69 Å². The largest absolute Gasteiger partial charge is 0.481 e. The number of hydrogen-bond donors (Lipinski definition) is 1. The molecule has 1 saturated heterocycles. The number of nitrogens with zero attached hydrogens (tertiary/aromatic N) is 2. The van der Waals surface area contributed by atoms with E-state index in [0.717, 1.165) is 40.3 Å². The molecule has 1 aromatic carbocycles. The molecule has 2 aliphatic rings. The van der Waals surface area contributed by atoms with Gasteiger partial charge in [0, 0.05) is 39.2 Å². The third-order valence-corrected chi connectivity index (χ3v) is 7.39. The Kier molecular flexibility index (Phi) is 6.51. The monoisotopic (exact) mass is 554 g/mol. The second kappa shape index (κ2) is 8.97. The van der Waals surface area contributed by atoms with Crippen LogP contribution >= 0.6 is 43.5 Å². The zero-order valence-electron chi connectivity index (χ0n) is 16.2. The number of fused-ring (bicyclic) bond motifs is 2. The predicted molar refractivity (Wildman–Crippen MR) is 122 cm³/mol. The predicted octanol–water partition coefficient (Wildman–Crippen LogP) is 5.20. The van der Waals surface area contributed by atoms with Crippen LogP contribution in [0.25, 0.3) is 0 Å². The lowest BCUT2D eigenvalue weighted by molar-refractivity contribution is -0.144. The summed E-state index contributed by atoms with van der Waals surface area (Å²) in [6.45, 7) is 1.14. The molecule has 158 valence electrons. The number of likely N-dealkylation sites (tertiary alicyclic amines) is 1. The summed E-state index contributed by atoms with van der Waals surface area (Å²) < 4.78 is 1.97. The summed E-state index contributed by atoms with van der Waals surface area (Å²) in [4.78, 5) is 29.6. The summed E-state index contributed by atoms with van der Waals surface area (Å²) in [7, 11) is 0. The first-order valence-electron chi connectivity index (χ1n) is 9.95. The molecule has 1 aliphatic heterocycles. The number of pyridine rings is 1. The van der Waals surface area contributed by atoms with Crippen LogP contribution in [0, 0.1) is 5.92 Å². The van der Waals surface area contributed by atoms with E-state index < -0.39 is 12.4 Å². The first kappa shape index (κ1) is 21.8. The molecule has 0 saturated carbocycles. The van der Waals surface area contributed by atoms with E-state index in [2.05, 4.69) is 44.0 Å². The number of amides is 1. The van der Waals surface area contributed by atoms with Crippen molar-refractivity contribution in [2.24, 2.45) is 5.92 Å². The van der Waals surface area contributed by atoms with Crippen molar-refractivity contribution in [3.8, 4) is 0 Å². The van der Waals surface area contributed by atoms with Gasteiger partial charge < -0.3 is 10.0 Å². The van der Waals surface area contributed by atoms with Crippen LogP contribution in [0.5, 0.6) is 0 Å². The lowest BCUT2D eigenvalue weighted by Crippen LogP contribution is -2.40. The third kappa shape index (κ3) is 4.43. The van der Waals surface area contributed by atoms with Crippen LogP contribution in [0.4, 0.5) is 0 Å². The van der Waals surface area contributed by atoms with Gasteiger partial charge in [0.1, 0.15) is 6.42 Å². The van der Waals surface area contributed by atoms with Crippen molar-refractivity contribution < 1.29 is 14.7 Å². The minimum atomic E-state index is -1.08. The normalized spacial score (nSPS) is 19.0. The van der Waals surface area contributed by atoms with Crippen molar-refractivity contribution in [2.75, 3.05) is 13.1 Å². The quantitative estimate of drug-likeness (QED) is 0.528. The molecule has 1 aliphatic carbocycles. The Bertz CT molecular complexity index is 1010. The molecule has 5 nitrogen and oxygen atoms in total. The second-order valence-electron chi connectivity index (χ2n) is 7.92. The molecule has 30 heavy (non-hydrogen) atoms. The van der Waals surface area contributed by atoms with E-state index in [1.807, 2.05) is 12.3 Å². The summed E-state index contributed by atoms with van der Waals surface area (Å²) in [5.41, 5.74) is 4.80. The van der Waals surface area contributed by atoms with Crippen LogP contribution in [0.1, 0.15) is 47.6 Å². The number of carboxylic acids is 1. The van der Waals surface area contributed by atoms with Crippen LogP contribution in [0.3, 0.4) is 0 Å². The van der Waals surface area contributed by atoms with Gasteiger partial charge in [0.25, 0.3) is 0 Å². The molecule has 1 N–H and O–H groups in total. The van der Waals surface area contributed by atoms with E-state index in [0.29, 0.717) is 24.0 Å². The Hall–Kier alpha value is -1.44. The number of aromatic nitrogens is 1. The average Bonchev–Trinajstić information content (AvgIpc) is 2.84. The third-order valence-electron chi connectivity index (χ3n) is 6.08. The Morgan fingerprint density at radius 1 is 1.13 bits per heavy atom. The minimum absolute atomic E-state index is 0.106. The second-order valence-corrected chi connectivity index (χ2v) is 10.1. The molecule has 2 aromatic rings. The molecule has 2 heterocycles. The van der Waals surface area contributed by atoms with Crippen LogP contribution < -0.4 is 0 Å². The molecule has 1 atom stereocenters. The lowest BCUT2D eigenvalue weighted by Gasteiger charge is -2.37. The first-order valence-corrected chi connectivity index (χ1v) is 11.9. The standard InChI is InChI=1S/C22H21Br2ClN2O3/c23-15-7-14-2-1-13-8-16(25)9-17(24)20(13)21(22(14)26-11-15)12-3-5-27(6-4-12)18(28)10-19(29)30/h7-9,11-12,21H,1-6,10H2,(H,29,30)/t21-/m1/s1. The number of aryl methyl sites for hydroxylation is 2. The van der Waals surface area contributed by atoms with Crippen LogP contribution in [0.2, 0.25) is 5.02 Å². The molecular formula is C22H21Br2ClN2O3. The minimum Gasteiger partial charge on any atom is -0.481 e. The van der Waals surface area contributed by atoms with Gasteiger partial charge >= 0.3 is 5.97 Å². The van der Waals surface area contributed by atoms with Crippen LogP contribution in [0.15, 0.2) is 33.3 Å². The van der Waals surface area contributed by atoms with Gasteiger partial charge in [0.15, 0.2) is 0 Å². The molecule has 0 bridgehead atoms. The van der Waals surface area contributed by atoms with Crippen LogP contribution in [-0.2, 0) is 22.4 Å². The number of carbonyl (C=O) groups excluding carboxylic acids is 1. The fourth-order valence-corrected chi connectivity index (χ4v) is 6.25. The molecule has 0 spiro atoms. The number of halogens is 3. The maximum atomic E-state index is 12.2. The van der Waals surface area contributed by atoms with Gasteiger partial charge in [-0.3, -0.25) is 14.6 Å². The van der Waals surface area contributed by atoms with Crippen molar-refractivity contribution in [3.63, 3.8) is 0 Å². The maximum absolute atomic E-state index is 12.2. The SMILES string of the molecule is O=C(O)CC(=O)N1CCC([C@H]2c3ncc(Br)cc3CCc3cc(Cl)cc(Br)c32)CC1. The number of carbonyl (C=O) groups is 2. The molecule has 4 rings (SSSR count). The number of benzene rings is 1. The molecule has 0 unspecified atom stereocenters. The van der Waals surface area contributed by atoms with Gasteiger partial charge in [-0.05, 0) is 82.4 Å². The molecule has 1 amide bonds. The van der Waals surface area contributed by atoms with E-state index in [-0.39, 0.29) is 11.8 Å². The number of carboxylic acid groups (broad SMARTS) is 1. The Labute approximate surface area is 197 Å². The number of piperidine rings is 1. The van der Waals surface area contributed by atoms with E-state index in [1.54, 1.807) is 4.90 Å². The van der Waals surface area contributed by atoms with Gasteiger partial charge in [-0.15, -0.1) is 0 Å². The van der Waals surface area contributed by atoms with Crippen molar-refractivity contribution in [1.29, 1.82) is 0 Å². The van der Waals surface area contributed by atoms with E-state index in [1.165, 1.54) is 16.7 Å². The Balaban J connectivity index is 1.69. The molecule has 1 aromatic heterocycles. The highest BCUT2D eigenvalue weighted by Gasteiger charge is 2.36. The first-order chi connectivity index (χ1) is 14.3. The lowest BCUT2D eigenvalue weighted by atomic mass is 9.76. The fourth-order valence-electron chi connectivity index (χ4n) is 4.75. The maximum Gasteiger partial charge on any atom is 0.312 e. The topological polar surface area (TPSA) is 70.5 Å². The van der Waals surface area contributed by atoms with Crippen molar-refractivity contribution in [2.45, 2.75) is 38.0 Å². The van der Waals surface area contributed by atoms with E-state index in [9.17, 15) is 9.59 Å². The fraction of sp³-hybridized carbons (Fsp3) is 0.409. The molecule has 0 radical (unpaired) electrons. The molecular weight excluding hydrogens is 536 g/mol. The van der Waals surface area contributed by atoms with E-state index in [4.69, 9.17) is 21.7 Å². The van der Waals surface area contributed by atoms with Crippen molar-refractivity contribution in [1.82, 2.24) is 9.88 Å². The van der Waals surface area contributed by atoms with Crippen molar-refractivity contribution >= 4 is 55.3 Å². The number of rotatable bonds is 3. The summed E-state index contributed by atoms with van der Waals surface area (Å²) in [6.07, 6.45) is 4.81. The molecule has 1 fully saturated rings. The Morgan fingerprint density at radius 2 is 1.83 bits per heavy atom. The highest BCUT2D eigenvalue weighted by Crippen LogP contribution is 2.46. The Morgan fingerprint density at radius 3 is 2.53 bits per heavy atom. The molecule has 8 heteroatoms.